The van der Waals surface area contributed by atoms with E-state index in [-0.39, 0.29) is 30.8 Å². The molecule has 1 aromatic carbocycles. The molecule has 1 amide bonds. The van der Waals surface area contributed by atoms with E-state index >= 15 is 0 Å². The van der Waals surface area contributed by atoms with E-state index in [0.29, 0.717) is 11.5 Å². The van der Waals surface area contributed by atoms with Gasteiger partial charge < -0.3 is 20.3 Å². The first-order chi connectivity index (χ1) is 13.0. The molecule has 0 aliphatic rings. The van der Waals surface area contributed by atoms with Crippen molar-refractivity contribution < 1.29 is 22.7 Å². The summed E-state index contributed by atoms with van der Waals surface area (Å²) < 4.78 is 42.5. The molecule has 1 aromatic rings. The number of aryl methyl sites for hydroxylation is 1. The monoisotopic (exact) mass is 402 g/mol. The van der Waals surface area contributed by atoms with Gasteiger partial charge in [0.25, 0.3) is 0 Å². The van der Waals surface area contributed by atoms with E-state index in [4.69, 9.17) is 4.74 Å². The number of amides is 1. The third-order valence-electron chi connectivity index (χ3n) is 3.92. The number of carbonyl (C=O) groups is 1. The van der Waals surface area contributed by atoms with Crippen LogP contribution in [0.25, 0.3) is 0 Å². The van der Waals surface area contributed by atoms with E-state index in [1.54, 1.807) is 39.2 Å². The first-order valence-electron chi connectivity index (χ1n) is 9.06. The van der Waals surface area contributed by atoms with E-state index in [2.05, 4.69) is 15.6 Å². The van der Waals surface area contributed by atoms with Crippen molar-refractivity contribution in [3.63, 3.8) is 0 Å². The number of halogens is 3. The second kappa shape index (κ2) is 10.8. The lowest BCUT2D eigenvalue weighted by Gasteiger charge is -2.18. The normalized spacial score (nSPS) is 13.1. The smallest absolute Gasteiger partial charge is 0.422 e. The van der Waals surface area contributed by atoms with Gasteiger partial charge in [0.1, 0.15) is 5.75 Å². The molecule has 0 radical (unpaired) electrons. The lowest BCUT2D eigenvalue weighted by atomic mass is 10.1. The van der Waals surface area contributed by atoms with Crippen LogP contribution in [0.1, 0.15) is 31.4 Å². The third-order valence-corrected chi connectivity index (χ3v) is 3.92. The van der Waals surface area contributed by atoms with Crippen molar-refractivity contribution in [1.29, 1.82) is 0 Å². The average molecular weight is 402 g/mol. The molecule has 0 spiro atoms. The Hall–Kier alpha value is -2.45. The van der Waals surface area contributed by atoms with Crippen molar-refractivity contribution in [2.45, 2.75) is 46.0 Å². The van der Waals surface area contributed by atoms with Gasteiger partial charge >= 0.3 is 6.18 Å². The van der Waals surface area contributed by atoms with Gasteiger partial charge in [0.2, 0.25) is 5.91 Å². The van der Waals surface area contributed by atoms with Crippen LogP contribution in [-0.2, 0) is 11.3 Å². The Balaban J connectivity index is 2.95. The number of likely N-dealkylation sites (N-methyl/N-ethyl adjacent to an activating group) is 1. The summed E-state index contributed by atoms with van der Waals surface area (Å²) in [5.74, 6) is 0.434. The molecule has 158 valence electrons. The number of nitrogens with zero attached hydrogens (tertiary/aromatic N) is 2. The fourth-order valence-electron chi connectivity index (χ4n) is 2.06. The second-order valence-corrected chi connectivity index (χ2v) is 6.78. The Bertz CT molecular complexity index is 676. The van der Waals surface area contributed by atoms with Crippen LogP contribution in [0.4, 0.5) is 13.2 Å². The van der Waals surface area contributed by atoms with E-state index in [1.807, 2.05) is 13.8 Å². The summed E-state index contributed by atoms with van der Waals surface area (Å²) in [6, 6.07) is 5.15. The van der Waals surface area contributed by atoms with Gasteiger partial charge in [-0.15, -0.1) is 0 Å². The maximum atomic E-state index is 12.5. The lowest BCUT2D eigenvalue weighted by Crippen LogP contribution is -2.45. The number of alkyl halides is 3. The summed E-state index contributed by atoms with van der Waals surface area (Å²) in [7, 11) is 3.30. The predicted molar refractivity (Wildman–Crippen MR) is 103 cm³/mol. The van der Waals surface area contributed by atoms with Crippen molar-refractivity contribution in [2.75, 3.05) is 27.2 Å². The van der Waals surface area contributed by atoms with Crippen LogP contribution >= 0.6 is 0 Å². The maximum absolute atomic E-state index is 12.5. The third kappa shape index (κ3) is 8.96. The molecule has 2 N–H and O–H groups in total. The topological polar surface area (TPSA) is 66.0 Å². The minimum Gasteiger partial charge on any atom is -0.484 e. The molecule has 1 atom stereocenters. The standard InChI is InChI=1S/C19H29F3N4O2/c1-6-14(3)25-18(24-11-17(27)26(4)5)23-10-15-8-7-13(2)9-16(15)28-12-19(20,21)22/h7-9,14H,6,10-12H2,1-5H3,(H2,23,24,25). The quantitative estimate of drug-likeness (QED) is 0.518. The van der Waals surface area contributed by atoms with Crippen molar-refractivity contribution in [2.24, 2.45) is 4.99 Å². The average Bonchev–Trinajstić information content (AvgIpc) is 2.61. The molecule has 0 aliphatic heterocycles. The number of aliphatic imine (C=N–C) groups is 1. The zero-order valence-corrected chi connectivity index (χ0v) is 17.0. The predicted octanol–water partition coefficient (Wildman–Crippen LogP) is 2.86. The Kier molecular flexibility index (Phi) is 9.08. The fraction of sp³-hybridized carbons (Fsp3) is 0.579. The van der Waals surface area contributed by atoms with Gasteiger partial charge in [-0.25, -0.2) is 4.99 Å². The minimum absolute atomic E-state index is 0.0561. The van der Waals surface area contributed by atoms with Gasteiger partial charge in [-0.3, -0.25) is 4.79 Å². The molecule has 0 aliphatic carbocycles. The van der Waals surface area contributed by atoms with Gasteiger partial charge in [-0.1, -0.05) is 19.1 Å². The molecule has 0 fully saturated rings. The van der Waals surface area contributed by atoms with Gasteiger partial charge in [-0.05, 0) is 31.9 Å². The lowest BCUT2D eigenvalue weighted by molar-refractivity contribution is -0.153. The van der Waals surface area contributed by atoms with Gasteiger partial charge in [0.15, 0.2) is 12.6 Å². The Labute approximate surface area is 164 Å². The van der Waals surface area contributed by atoms with E-state index in [0.717, 1.165) is 12.0 Å². The highest BCUT2D eigenvalue weighted by molar-refractivity contribution is 5.86. The van der Waals surface area contributed by atoms with Crippen LogP contribution in [0.3, 0.4) is 0 Å². The Morgan fingerprint density at radius 3 is 2.57 bits per heavy atom. The number of ether oxygens (including phenoxy) is 1. The van der Waals surface area contributed by atoms with Crippen molar-refractivity contribution in [3.8, 4) is 5.75 Å². The minimum atomic E-state index is -4.42. The molecule has 1 unspecified atom stereocenters. The number of benzene rings is 1. The van der Waals surface area contributed by atoms with Crippen molar-refractivity contribution in [1.82, 2.24) is 15.5 Å². The molecule has 1 rings (SSSR count). The van der Waals surface area contributed by atoms with E-state index < -0.39 is 12.8 Å². The summed E-state index contributed by atoms with van der Waals surface area (Å²) in [4.78, 5) is 17.7. The van der Waals surface area contributed by atoms with Crippen molar-refractivity contribution >= 4 is 11.9 Å². The summed E-state index contributed by atoms with van der Waals surface area (Å²) in [5.41, 5.74) is 1.32. The summed E-state index contributed by atoms with van der Waals surface area (Å²) in [6.07, 6.45) is -3.57. The van der Waals surface area contributed by atoms with Gasteiger partial charge in [0, 0.05) is 25.7 Å². The molecular weight excluding hydrogens is 373 g/mol. The highest BCUT2D eigenvalue weighted by Gasteiger charge is 2.28. The first-order valence-corrected chi connectivity index (χ1v) is 9.06. The van der Waals surface area contributed by atoms with Crippen LogP contribution in [0.5, 0.6) is 5.75 Å². The second-order valence-electron chi connectivity index (χ2n) is 6.78. The molecule has 6 nitrogen and oxygen atoms in total. The number of hydrogen-bond acceptors (Lipinski definition) is 3. The Morgan fingerprint density at radius 2 is 2.00 bits per heavy atom. The first kappa shape index (κ1) is 23.6. The maximum Gasteiger partial charge on any atom is 0.422 e. The highest BCUT2D eigenvalue weighted by atomic mass is 19.4. The van der Waals surface area contributed by atoms with Crippen LogP contribution in [-0.4, -0.2) is 56.2 Å². The molecule has 0 aromatic heterocycles. The van der Waals surface area contributed by atoms with Crippen LogP contribution < -0.4 is 15.4 Å². The summed E-state index contributed by atoms with van der Waals surface area (Å²) in [5, 5.41) is 6.12. The molecule has 28 heavy (non-hydrogen) atoms. The molecule has 0 bridgehead atoms. The summed E-state index contributed by atoms with van der Waals surface area (Å²) in [6.45, 7) is 4.55. The zero-order valence-electron chi connectivity index (χ0n) is 17.0. The number of nitrogens with one attached hydrogen (secondary N) is 2. The van der Waals surface area contributed by atoms with Crippen LogP contribution in [0.15, 0.2) is 23.2 Å². The molecular formula is C19H29F3N4O2. The SMILES string of the molecule is CCC(C)NC(=NCc1ccc(C)cc1OCC(F)(F)F)NCC(=O)N(C)C. The largest absolute Gasteiger partial charge is 0.484 e. The molecule has 0 saturated heterocycles. The van der Waals surface area contributed by atoms with E-state index in [9.17, 15) is 18.0 Å². The summed E-state index contributed by atoms with van der Waals surface area (Å²) >= 11 is 0. The number of guanidine groups is 1. The fourth-order valence-corrected chi connectivity index (χ4v) is 2.06. The zero-order chi connectivity index (χ0) is 21.3. The number of carbonyl (C=O) groups excluding carboxylic acids is 1. The van der Waals surface area contributed by atoms with Crippen LogP contribution in [0, 0.1) is 6.92 Å². The number of rotatable bonds is 8. The Morgan fingerprint density at radius 1 is 1.32 bits per heavy atom. The van der Waals surface area contributed by atoms with E-state index in [1.165, 1.54) is 4.90 Å². The van der Waals surface area contributed by atoms with Gasteiger partial charge in [0.05, 0.1) is 13.1 Å². The van der Waals surface area contributed by atoms with Gasteiger partial charge in [-0.2, -0.15) is 13.2 Å². The van der Waals surface area contributed by atoms with Crippen molar-refractivity contribution in [3.05, 3.63) is 29.3 Å². The number of hydrogen-bond donors (Lipinski definition) is 2. The molecule has 0 heterocycles. The highest BCUT2D eigenvalue weighted by Crippen LogP contribution is 2.24. The van der Waals surface area contributed by atoms with Crippen LogP contribution in [0.2, 0.25) is 0 Å². The molecule has 9 heteroatoms. The molecule has 0 saturated carbocycles.